The molecule has 0 saturated carbocycles. The largest absolute Gasteiger partial charge is 0.503 e. The molecule has 0 saturated heterocycles. The molecule has 0 aliphatic carbocycles. The molecule has 0 spiro atoms. The van der Waals surface area contributed by atoms with Gasteiger partial charge < -0.3 is 18.8 Å². The van der Waals surface area contributed by atoms with Gasteiger partial charge in [0, 0.05) is 17.5 Å². The van der Waals surface area contributed by atoms with Crippen molar-refractivity contribution < 1.29 is 28.5 Å². The standard InChI is InChI=1S/C24H16N2O7/c27-22(19-12-15-4-1-2-6-18(15)33-19)20-21(14-7-9-16(10-8-14)26(30)31)25(24(29)23(20)28)13-17-5-3-11-32-17/h1-12,21,28H,13H2. The molecule has 9 nitrogen and oxygen atoms in total. The molecule has 1 atom stereocenters. The van der Waals surface area contributed by atoms with Crippen LogP contribution in [0.3, 0.4) is 0 Å². The van der Waals surface area contributed by atoms with Gasteiger partial charge in [0.2, 0.25) is 5.78 Å². The topological polar surface area (TPSA) is 127 Å². The molecule has 2 aromatic carbocycles. The number of carbonyl (C=O) groups excluding carboxylic acids is 2. The Bertz CT molecular complexity index is 1380. The Kier molecular flexibility index (Phi) is 4.78. The number of amides is 1. The van der Waals surface area contributed by atoms with Crippen LogP contribution in [0.1, 0.15) is 27.9 Å². The van der Waals surface area contributed by atoms with E-state index < -0.39 is 28.4 Å². The summed E-state index contributed by atoms with van der Waals surface area (Å²) in [5.41, 5.74) is 0.604. The van der Waals surface area contributed by atoms with Crippen molar-refractivity contribution in [3.05, 3.63) is 112 Å². The van der Waals surface area contributed by atoms with Gasteiger partial charge in [0.1, 0.15) is 11.3 Å². The molecule has 1 amide bonds. The number of fused-ring (bicyclic) bond motifs is 1. The number of hydrogen-bond acceptors (Lipinski definition) is 7. The van der Waals surface area contributed by atoms with E-state index >= 15 is 0 Å². The number of benzene rings is 2. The van der Waals surface area contributed by atoms with Crippen LogP contribution in [0.25, 0.3) is 11.0 Å². The second kappa shape index (κ2) is 7.79. The summed E-state index contributed by atoms with van der Waals surface area (Å²) in [5, 5.41) is 22.5. The van der Waals surface area contributed by atoms with Gasteiger partial charge in [-0.05, 0) is 42.0 Å². The lowest BCUT2D eigenvalue weighted by Crippen LogP contribution is -2.30. The first-order chi connectivity index (χ1) is 15.9. The summed E-state index contributed by atoms with van der Waals surface area (Å²) in [6.45, 7) is -0.0194. The van der Waals surface area contributed by atoms with E-state index in [2.05, 4.69) is 0 Å². The smallest absolute Gasteiger partial charge is 0.290 e. The summed E-state index contributed by atoms with van der Waals surface area (Å²) >= 11 is 0. The third-order valence-corrected chi connectivity index (χ3v) is 5.52. The molecule has 33 heavy (non-hydrogen) atoms. The lowest BCUT2D eigenvalue weighted by Gasteiger charge is -2.25. The molecule has 3 heterocycles. The van der Waals surface area contributed by atoms with Crippen LogP contribution in [0.2, 0.25) is 0 Å². The summed E-state index contributed by atoms with van der Waals surface area (Å²) in [4.78, 5) is 38.3. The molecular weight excluding hydrogens is 428 g/mol. The number of rotatable bonds is 6. The zero-order valence-electron chi connectivity index (χ0n) is 17.0. The lowest BCUT2D eigenvalue weighted by atomic mass is 9.94. The van der Waals surface area contributed by atoms with E-state index in [-0.39, 0.29) is 23.6 Å². The minimum Gasteiger partial charge on any atom is -0.503 e. The van der Waals surface area contributed by atoms with Crippen molar-refractivity contribution in [2.45, 2.75) is 12.6 Å². The van der Waals surface area contributed by atoms with Crippen LogP contribution < -0.4 is 0 Å². The predicted octanol–water partition coefficient (Wildman–Crippen LogP) is 4.71. The zero-order chi connectivity index (χ0) is 23.1. The fourth-order valence-electron chi connectivity index (χ4n) is 3.97. The van der Waals surface area contributed by atoms with Crippen LogP contribution >= 0.6 is 0 Å². The van der Waals surface area contributed by atoms with Gasteiger partial charge in [0.25, 0.3) is 11.6 Å². The van der Waals surface area contributed by atoms with Crippen molar-refractivity contribution in [1.29, 1.82) is 0 Å². The molecule has 0 bridgehead atoms. The molecule has 9 heteroatoms. The first-order valence-corrected chi connectivity index (χ1v) is 9.98. The highest BCUT2D eigenvalue weighted by Crippen LogP contribution is 2.41. The van der Waals surface area contributed by atoms with Crippen molar-refractivity contribution in [3.8, 4) is 0 Å². The lowest BCUT2D eigenvalue weighted by molar-refractivity contribution is -0.384. The highest BCUT2D eigenvalue weighted by atomic mass is 16.6. The number of ketones is 1. The number of furan rings is 2. The Morgan fingerprint density at radius 2 is 1.85 bits per heavy atom. The summed E-state index contributed by atoms with van der Waals surface area (Å²) in [5.74, 6) is -1.69. The van der Waals surface area contributed by atoms with Crippen LogP contribution in [0.4, 0.5) is 5.69 Å². The number of aliphatic hydroxyl groups excluding tert-OH is 1. The summed E-state index contributed by atoms with van der Waals surface area (Å²) < 4.78 is 11.0. The average molecular weight is 444 g/mol. The normalized spacial score (nSPS) is 16.1. The van der Waals surface area contributed by atoms with Gasteiger partial charge in [-0.2, -0.15) is 0 Å². The van der Waals surface area contributed by atoms with E-state index in [4.69, 9.17) is 8.83 Å². The van der Waals surface area contributed by atoms with E-state index in [1.807, 2.05) is 0 Å². The van der Waals surface area contributed by atoms with Gasteiger partial charge in [0.05, 0.1) is 29.3 Å². The van der Waals surface area contributed by atoms with Gasteiger partial charge >= 0.3 is 0 Å². The fourth-order valence-corrected chi connectivity index (χ4v) is 3.97. The van der Waals surface area contributed by atoms with Gasteiger partial charge in [-0.15, -0.1) is 0 Å². The molecule has 0 radical (unpaired) electrons. The number of Topliss-reactive ketones (excluding diaryl/α,β-unsaturated/α-hetero) is 1. The number of carbonyl (C=O) groups is 2. The zero-order valence-corrected chi connectivity index (χ0v) is 17.0. The quantitative estimate of drug-likeness (QED) is 0.259. The maximum absolute atomic E-state index is 13.5. The van der Waals surface area contributed by atoms with Crippen LogP contribution in [-0.2, 0) is 11.3 Å². The van der Waals surface area contributed by atoms with Gasteiger partial charge in [-0.3, -0.25) is 19.7 Å². The van der Waals surface area contributed by atoms with Crippen LogP contribution in [0.5, 0.6) is 0 Å². The molecule has 5 rings (SSSR count). The number of nitro benzene ring substituents is 1. The van der Waals surface area contributed by atoms with Crippen LogP contribution in [0.15, 0.2) is 93.2 Å². The van der Waals surface area contributed by atoms with Crippen molar-refractivity contribution in [3.63, 3.8) is 0 Å². The third kappa shape index (κ3) is 3.45. The molecule has 0 fully saturated rings. The maximum Gasteiger partial charge on any atom is 0.290 e. The third-order valence-electron chi connectivity index (χ3n) is 5.52. The number of para-hydroxylation sites is 1. The summed E-state index contributed by atoms with van der Waals surface area (Å²) in [6, 6.07) is 16.4. The highest BCUT2D eigenvalue weighted by Gasteiger charge is 2.45. The number of non-ortho nitro benzene ring substituents is 1. The number of nitro groups is 1. The van der Waals surface area contributed by atoms with Gasteiger partial charge in [0.15, 0.2) is 11.5 Å². The molecule has 1 unspecified atom stereocenters. The van der Waals surface area contributed by atoms with Crippen molar-refractivity contribution >= 4 is 28.3 Å². The molecular formula is C24H16N2O7. The Labute approximate surface area is 186 Å². The second-order valence-corrected chi connectivity index (χ2v) is 7.50. The van der Waals surface area contributed by atoms with E-state index in [1.54, 1.807) is 42.5 Å². The van der Waals surface area contributed by atoms with Crippen molar-refractivity contribution in [2.75, 3.05) is 0 Å². The van der Waals surface area contributed by atoms with Crippen LogP contribution in [-0.4, -0.2) is 26.6 Å². The molecule has 1 N–H and O–H groups in total. The van der Waals surface area contributed by atoms with E-state index in [9.17, 15) is 24.8 Å². The Morgan fingerprint density at radius 3 is 2.52 bits per heavy atom. The monoisotopic (exact) mass is 444 g/mol. The average Bonchev–Trinajstić information content (AvgIpc) is 3.54. The minimum atomic E-state index is -0.996. The van der Waals surface area contributed by atoms with Crippen LogP contribution in [0, 0.1) is 10.1 Å². The summed E-state index contributed by atoms with van der Waals surface area (Å²) in [7, 11) is 0. The molecule has 2 aromatic heterocycles. The van der Waals surface area contributed by atoms with Gasteiger partial charge in [-0.1, -0.05) is 18.2 Å². The molecule has 1 aliphatic heterocycles. The van der Waals surface area contributed by atoms with Crippen molar-refractivity contribution in [2.24, 2.45) is 0 Å². The predicted molar refractivity (Wildman–Crippen MR) is 115 cm³/mol. The van der Waals surface area contributed by atoms with Crippen molar-refractivity contribution in [1.82, 2.24) is 4.90 Å². The highest BCUT2D eigenvalue weighted by molar-refractivity contribution is 6.16. The second-order valence-electron chi connectivity index (χ2n) is 7.50. The molecule has 1 aliphatic rings. The number of hydrogen-bond donors (Lipinski definition) is 1. The first-order valence-electron chi connectivity index (χ1n) is 9.98. The number of aliphatic hydroxyl groups is 1. The van der Waals surface area contributed by atoms with Gasteiger partial charge in [-0.25, -0.2) is 0 Å². The maximum atomic E-state index is 13.5. The van der Waals surface area contributed by atoms with E-state index in [1.165, 1.54) is 35.4 Å². The Hall–Kier alpha value is -4.66. The molecule has 164 valence electrons. The van der Waals surface area contributed by atoms with E-state index in [0.717, 1.165) is 0 Å². The first kappa shape index (κ1) is 20.3. The Balaban J connectivity index is 1.60. The summed E-state index contributed by atoms with van der Waals surface area (Å²) in [6.07, 6.45) is 1.45. The Morgan fingerprint density at radius 1 is 1.09 bits per heavy atom. The molecule has 4 aromatic rings. The fraction of sp³-hybridized carbons (Fsp3) is 0.0833. The minimum absolute atomic E-state index is 0.0194. The SMILES string of the molecule is O=C(C1=C(O)C(=O)N(Cc2ccco2)C1c1ccc([N+](=O)[O-])cc1)c1cc2ccccc2o1. The van der Waals surface area contributed by atoms with E-state index in [0.29, 0.717) is 22.3 Å². The number of nitrogens with zero attached hydrogens (tertiary/aromatic N) is 2.